The van der Waals surface area contributed by atoms with Crippen molar-refractivity contribution in [3.8, 4) is 0 Å². The summed E-state index contributed by atoms with van der Waals surface area (Å²) in [4.78, 5) is 10.5. The molecule has 3 rings (SSSR count). The van der Waals surface area contributed by atoms with E-state index in [0.29, 0.717) is 6.04 Å². The fraction of sp³-hybridized carbons (Fsp3) is 0.462. The van der Waals surface area contributed by atoms with Crippen LogP contribution in [0.5, 0.6) is 0 Å². The molecule has 0 aliphatic carbocycles. The molecule has 1 aromatic carbocycles. The molecule has 0 saturated carbocycles. The number of hydrogen-bond acceptors (Lipinski definition) is 3. The third-order valence-corrected chi connectivity index (χ3v) is 3.43. The number of aromatic amines is 1. The largest absolute Gasteiger partial charge is 0.341 e. The van der Waals surface area contributed by atoms with Crippen LogP contribution < -0.4 is 5.32 Å². The number of benzene rings is 1. The van der Waals surface area contributed by atoms with Crippen LogP contribution in [0, 0.1) is 0 Å². The van der Waals surface area contributed by atoms with E-state index in [1.165, 1.54) is 0 Å². The first-order valence-electron chi connectivity index (χ1n) is 6.21. The Morgan fingerprint density at radius 3 is 3.12 bits per heavy atom. The Labute approximate surface area is 101 Å². The van der Waals surface area contributed by atoms with Gasteiger partial charge in [-0.1, -0.05) is 12.1 Å². The molecule has 4 nitrogen and oxygen atoms in total. The van der Waals surface area contributed by atoms with Crippen LogP contribution in [0.3, 0.4) is 0 Å². The summed E-state index contributed by atoms with van der Waals surface area (Å²) in [5.74, 6) is 1.07. The zero-order valence-electron chi connectivity index (χ0n) is 10.1. The Morgan fingerprint density at radius 1 is 1.41 bits per heavy atom. The number of nitrogens with zero attached hydrogens (tertiary/aromatic N) is 2. The zero-order chi connectivity index (χ0) is 11.7. The smallest absolute Gasteiger partial charge is 0.121 e. The summed E-state index contributed by atoms with van der Waals surface area (Å²) < 4.78 is 0. The molecule has 1 atom stereocenters. The summed E-state index contributed by atoms with van der Waals surface area (Å²) >= 11 is 0. The lowest BCUT2D eigenvalue weighted by Gasteiger charge is -2.33. The molecule has 0 radical (unpaired) electrons. The molecule has 2 aromatic rings. The van der Waals surface area contributed by atoms with Gasteiger partial charge in [0, 0.05) is 25.7 Å². The number of aromatic nitrogens is 2. The number of hydrogen-bond donors (Lipinski definition) is 2. The summed E-state index contributed by atoms with van der Waals surface area (Å²) in [5, 5.41) is 3.40. The molecule has 1 aromatic heterocycles. The van der Waals surface area contributed by atoms with Crippen LogP contribution >= 0.6 is 0 Å². The van der Waals surface area contributed by atoms with E-state index < -0.39 is 0 Å². The van der Waals surface area contributed by atoms with E-state index in [0.717, 1.165) is 43.0 Å². The predicted molar refractivity (Wildman–Crippen MR) is 68.8 cm³/mol. The summed E-state index contributed by atoms with van der Waals surface area (Å²) in [6, 6.07) is 8.78. The van der Waals surface area contributed by atoms with E-state index in [1.807, 2.05) is 12.1 Å². The van der Waals surface area contributed by atoms with Gasteiger partial charge in [-0.2, -0.15) is 0 Å². The van der Waals surface area contributed by atoms with Gasteiger partial charge in [0.05, 0.1) is 17.6 Å². The van der Waals surface area contributed by atoms with Crippen molar-refractivity contribution in [1.82, 2.24) is 20.2 Å². The SMILES string of the molecule is CC1CNCCN1Cc1nc2ccccc2[nH]1. The van der Waals surface area contributed by atoms with E-state index >= 15 is 0 Å². The Balaban J connectivity index is 1.79. The van der Waals surface area contributed by atoms with Gasteiger partial charge in [0.15, 0.2) is 0 Å². The Hall–Kier alpha value is -1.39. The first-order valence-corrected chi connectivity index (χ1v) is 6.21. The highest BCUT2D eigenvalue weighted by atomic mass is 15.2. The fourth-order valence-electron chi connectivity index (χ4n) is 2.39. The molecule has 2 heterocycles. The number of fused-ring (bicyclic) bond motifs is 1. The number of nitrogens with one attached hydrogen (secondary N) is 2. The second-order valence-corrected chi connectivity index (χ2v) is 4.72. The van der Waals surface area contributed by atoms with Crippen molar-refractivity contribution in [1.29, 1.82) is 0 Å². The molecule has 1 saturated heterocycles. The third kappa shape index (κ3) is 2.18. The first-order chi connectivity index (χ1) is 8.33. The lowest BCUT2D eigenvalue weighted by atomic mass is 10.2. The van der Waals surface area contributed by atoms with Crippen molar-refractivity contribution in [2.45, 2.75) is 19.5 Å². The molecule has 17 heavy (non-hydrogen) atoms. The maximum absolute atomic E-state index is 4.62. The van der Waals surface area contributed by atoms with Crippen LogP contribution in [-0.4, -0.2) is 40.5 Å². The van der Waals surface area contributed by atoms with Gasteiger partial charge in [0.2, 0.25) is 0 Å². The Bertz CT molecular complexity index is 472. The molecule has 0 bridgehead atoms. The van der Waals surface area contributed by atoms with Crippen LogP contribution in [0.1, 0.15) is 12.7 Å². The van der Waals surface area contributed by atoms with Gasteiger partial charge in [0.1, 0.15) is 5.82 Å². The lowest BCUT2D eigenvalue weighted by Crippen LogP contribution is -2.49. The maximum atomic E-state index is 4.62. The fourth-order valence-corrected chi connectivity index (χ4v) is 2.39. The summed E-state index contributed by atoms with van der Waals surface area (Å²) in [6.45, 7) is 6.41. The van der Waals surface area contributed by atoms with Gasteiger partial charge in [-0.15, -0.1) is 0 Å². The number of rotatable bonds is 2. The second-order valence-electron chi connectivity index (χ2n) is 4.72. The van der Waals surface area contributed by atoms with E-state index in [-0.39, 0.29) is 0 Å². The van der Waals surface area contributed by atoms with Crippen LogP contribution in [0.25, 0.3) is 11.0 Å². The van der Waals surface area contributed by atoms with Gasteiger partial charge in [-0.3, -0.25) is 4.90 Å². The van der Waals surface area contributed by atoms with Crippen molar-refractivity contribution in [2.75, 3.05) is 19.6 Å². The van der Waals surface area contributed by atoms with Gasteiger partial charge in [-0.25, -0.2) is 4.98 Å². The summed E-state index contributed by atoms with van der Waals surface area (Å²) in [7, 11) is 0. The molecule has 2 N–H and O–H groups in total. The van der Waals surface area contributed by atoms with Crippen molar-refractivity contribution in [2.24, 2.45) is 0 Å². The lowest BCUT2D eigenvalue weighted by molar-refractivity contribution is 0.162. The summed E-state index contributed by atoms with van der Waals surface area (Å²) in [5.41, 5.74) is 2.19. The predicted octanol–water partition coefficient (Wildman–Crippen LogP) is 1.36. The highest BCUT2D eigenvalue weighted by Crippen LogP contribution is 2.13. The van der Waals surface area contributed by atoms with Gasteiger partial charge >= 0.3 is 0 Å². The average molecular weight is 230 g/mol. The maximum Gasteiger partial charge on any atom is 0.121 e. The highest BCUT2D eigenvalue weighted by molar-refractivity contribution is 5.74. The van der Waals surface area contributed by atoms with E-state index in [2.05, 4.69) is 39.2 Å². The number of H-pyrrole nitrogens is 1. The molecule has 1 fully saturated rings. The number of imidazole rings is 1. The van der Waals surface area contributed by atoms with E-state index in [4.69, 9.17) is 0 Å². The molecule has 1 aliphatic rings. The molecule has 1 unspecified atom stereocenters. The van der Waals surface area contributed by atoms with E-state index in [1.54, 1.807) is 0 Å². The number of piperazine rings is 1. The van der Waals surface area contributed by atoms with Crippen LogP contribution in [-0.2, 0) is 6.54 Å². The van der Waals surface area contributed by atoms with E-state index in [9.17, 15) is 0 Å². The van der Waals surface area contributed by atoms with Crippen molar-refractivity contribution < 1.29 is 0 Å². The molecule has 0 spiro atoms. The van der Waals surface area contributed by atoms with Crippen molar-refractivity contribution in [3.05, 3.63) is 30.1 Å². The molecule has 0 amide bonds. The summed E-state index contributed by atoms with van der Waals surface area (Å²) in [6.07, 6.45) is 0. The Morgan fingerprint density at radius 2 is 2.29 bits per heavy atom. The average Bonchev–Trinajstić information content (AvgIpc) is 2.74. The van der Waals surface area contributed by atoms with Gasteiger partial charge < -0.3 is 10.3 Å². The molecule has 1 aliphatic heterocycles. The normalized spacial score (nSPS) is 22.1. The van der Waals surface area contributed by atoms with Gasteiger partial charge in [0.25, 0.3) is 0 Å². The topological polar surface area (TPSA) is 44.0 Å². The van der Waals surface area contributed by atoms with Crippen molar-refractivity contribution >= 4 is 11.0 Å². The minimum Gasteiger partial charge on any atom is -0.341 e. The molecule has 4 heteroatoms. The molecular weight excluding hydrogens is 212 g/mol. The van der Waals surface area contributed by atoms with Crippen LogP contribution in [0.2, 0.25) is 0 Å². The molecular formula is C13H18N4. The first kappa shape index (κ1) is 10.7. The molecule has 90 valence electrons. The number of para-hydroxylation sites is 2. The minimum atomic E-state index is 0.581. The van der Waals surface area contributed by atoms with Crippen molar-refractivity contribution in [3.63, 3.8) is 0 Å². The second kappa shape index (κ2) is 4.47. The minimum absolute atomic E-state index is 0.581. The third-order valence-electron chi connectivity index (χ3n) is 3.43. The van der Waals surface area contributed by atoms with Gasteiger partial charge in [-0.05, 0) is 19.1 Å². The Kier molecular flexibility index (Phi) is 2.82. The van der Waals surface area contributed by atoms with Crippen LogP contribution in [0.15, 0.2) is 24.3 Å². The standard InChI is InChI=1S/C13H18N4/c1-10-8-14-6-7-17(10)9-13-15-11-4-2-3-5-12(11)16-13/h2-5,10,14H,6-9H2,1H3,(H,15,16). The quantitative estimate of drug-likeness (QED) is 0.818. The monoisotopic (exact) mass is 230 g/mol. The van der Waals surface area contributed by atoms with Crippen LogP contribution in [0.4, 0.5) is 0 Å². The highest BCUT2D eigenvalue weighted by Gasteiger charge is 2.18. The zero-order valence-corrected chi connectivity index (χ0v) is 10.1.